The van der Waals surface area contributed by atoms with E-state index in [-0.39, 0.29) is 29.4 Å². The largest absolute Gasteiger partial charge is 0.504 e. The second kappa shape index (κ2) is 18.1. The minimum Gasteiger partial charge on any atom is -0.504 e. The van der Waals surface area contributed by atoms with Gasteiger partial charge in [-0.1, -0.05) is 56.0 Å². The zero-order valence-corrected chi connectivity index (χ0v) is 27.5. The van der Waals surface area contributed by atoms with Crippen LogP contribution < -0.4 is 10.6 Å². The van der Waals surface area contributed by atoms with E-state index < -0.39 is 0 Å². The summed E-state index contributed by atoms with van der Waals surface area (Å²) in [7, 11) is 3.04. The highest BCUT2D eigenvalue weighted by molar-refractivity contribution is 6.44. The second-order valence-electron chi connectivity index (χ2n) is 10.5. The van der Waals surface area contributed by atoms with Crippen molar-refractivity contribution in [2.24, 2.45) is 4.99 Å². The summed E-state index contributed by atoms with van der Waals surface area (Å²) >= 11 is 0. The molecule has 2 rings (SSSR count). The van der Waals surface area contributed by atoms with Gasteiger partial charge in [-0.2, -0.15) is 0 Å². The topological polar surface area (TPSA) is 113 Å². The lowest BCUT2D eigenvalue weighted by molar-refractivity contribution is -0.116. The number of benzene rings is 2. The highest BCUT2D eigenvalue weighted by Crippen LogP contribution is 2.28. The average Bonchev–Trinajstić information content (AvgIpc) is 3.03. The van der Waals surface area contributed by atoms with Crippen LogP contribution in [0.2, 0.25) is 0 Å². The predicted molar refractivity (Wildman–Crippen MR) is 185 cm³/mol. The molecule has 1 amide bonds. The second-order valence-corrected chi connectivity index (χ2v) is 10.5. The van der Waals surface area contributed by atoms with Crippen LogP contribution >= 0.6 is 0 Å². The first-order chi connectivity index (χ1) is 21.5. The van der Waals surface area contributed by atoms with Crippen LogP contribution in [0.3, 0.4) is 0 Å². The third-order valence-electron chi connectivity index (χ3n) is 7.40. The summed E-state index contributed by atoms with van der Waals surface area (Å²) in [6.45, 7) is 18.4. The summed E-state index contributed by atoms with van der Waals surface area (Å²) in [6.07, 6.45) is 8.21. The molecular weight excluding hydrogens is 564 g/mol. The third kappa shape index (κ3) is 10.1. The van der Waals surface area contributed by atoms with Crippen LogP contribution in [0.25, 0.3) is 5.70 Å². The molecule has 0 saturated heterocycles. The number of hydrogen-bond donors (Lipinski definition) is 3. The summed E-state index contributed by atoms with van der Waals surface area (Å²) in [6, 6.07) is 13.2. The molecule has 0 bridgehead atoms. The molecule has 0 saturated carbocycles. The maximum atomic E-state index is 13.2. The van der Waals surface area contributed by atoms with Crippen molar-refractivity contribution in [3.8, 4) is 0 Å². The van der Waals surface area contributed by atoms with Gasteiger partial charge in [0.2, 0.25) is 5.78 Å². The molecular formula is C37H46N4O4. The van der Waals surface area contributed by atoms with Crippen LogP contribution in [0, 0.1) is 12.3 Å². The zero-order valence-electron chi connectivity index (χ0n) is 27.5. The molecule has 0 heterocycles. The number of ether oxygens (including phenoxy) is 2. The van der Waals surface area contributed by atoms with Crippen LogP contribution in [0.15, 0.2) is 103 Å². The molecule has 2 atom stereocenters. The first-order valence-corrected chi connectivity index (χ1v) is 14.8. The smallest absolute Gasteiger partial charge is 0.259 e. The number of carbonyl (C=O) groups excluding carboxylic acids is 2. The minimum atomic E-state index is -0.365. The lowest BCUT2D eigenvalue weighted by Crippen LogP contribution is -2.24. The molecule has 0 aliphatic heterocycles. The van der Waals surface area contributed by atoms with Crippen LogP contribution in [-0.4, -0.2) is 50.4 Å². The molecule has 0 aromatic heterocycles. The molecule has 8 heteroatoms. The Hall–Kier alpha value is -4.82. The maximum absolute atomic E-state index is 13.2. The first-order valence-electron chi connectivity index (χ1n) is 14.8. The SMILES string of the molecule is C=CCNCC(N=C(C)C(C)c1cccc(C(=C)NC(=O)/C(=C/C=COC)C(=CC)OC)c1)c1cccc(C(=O)C(C)=N)c1C. The van der Waals surface area contributed by atoms with Crippen LogP contribution in [0.5, 0.6) is 0 Å². The van der Waals surface area contributed by atoms with E-state index in [9.17, 15) is 9.59 Å². The van der Waals surface area contributed by atoms with Gasteiger partial charge in [-0.3, -0.25) is 14.6 Å². The standard InChI is InChI=1S/C37H46N4O4/c1-10-20-39-23-34(31-17-13-18-32(25(31)4)36(42)26(5)38)40-27(6)24(3)29-15-12-16-30(22-29)28(7)41-37(43)33(19-14-21-44-8)35(11-2)45-9/h10-19,21-22,24,34,38-39H,1,7,20,23H2,2-6,8-9H3,(H,41,43)/b21-14?,33-19+,35-11?,38-26?,40-27?. The summed E-state index contributed by atoms with van der Waals surface area (Å²) < 4.78 is 10.3. The van der Waals surface area contributed by atoms with Crippen molar-refractivity contribution in [2.75, 3.05) is 27.3 Å². The van der Waals surface area contributed by atoms with E-state index >= 15 is 0 Å². The molecule has 2 unspecified atom stereocenters. The van der Waals surface area contributed by atoms with Gasteiger partial charge in [-0.25, -0.2) is 0 Å². The number of hydrogen-bond acceptors (Lipinski definition) is 7. The van der Waals surface area contributed by atoms with Gasteiger partial charge in [-0.15, -0.1) is 6.58 Å². The number of nitrogens with zero attached hydrogens (tertiary/aromatic N) is 1. The monoisotopic (exact) mass is 610 g/mol. The molecule has 45 heavy (non-hydrogen) atoms. The molecule has 2 aromatic carbocycles. The van der Waals surface area contributed by atoms with E-state index in [1.807, 2.05) is 50.2 Å². The molecule has 0 aliphatic rings. The van der Waals surface area contributed by atoms with E-state index in [1.165, 1.54) is 27.4 Å². The summed E-state index contributed by atoms with van der Waals surface area (Å²) in [5.41, 5.74) is 5.71. The summed E-state index contributed by atoms with van der Waals surface area (Å²) in [5.74, 6) is -0.285. The lowest BCUT2D eigenvalue weighted by Gasteiger charge is -2.21. The van der Waals surface area contributed by atoms with Gasteiger partial charge in [-0.05, 0) is 74.2 Å². The van der Waals surface area contributed by atoms with Crippen molar-refractivity contribution in [1.29, 1.82) is 5.41 Å². The van der Waals surface area contributed by atoms with E-state index in [0.29, 0.717) is 35.7 Å². The summed E-state index contributed by atoms with van der Waals surface area (Å²) in [5, 5.41) is 14.1. The van der Waals surface area contributed by atoms with Crippen molar-refractivity contribution in [3.63, 3.8) is 0 Å². The fraction of sp³-hybridized carbons (Fsp3) is 0.297. The Bertz CT molecular complexity index is 1530. The highest BCUT2D eigenvalue weighted by Gasteiger charge is 2.21. The first kappa shape index (κ1) is 36.4. The van der Waals surface area contributed by atoms with Crippen molar-refractivity contribution >= 4 is 28.8 Å². The third-order valence-corrected chi connectivity index (χ3v) is 7.40. The van der Waals surface area contributed by atoms with Crippen molar-refractivity contribution in [2.45, 2.75) is 46.6 Å². The van der Waals surface area contributed by atoms with E-state index in [2.05, 4.69) is 30.7 Å². The normalized spacial score (nSPS) is 13.6. The van der Waals surface area contributed by atoms with Crippen molar-refractivity contribution in [3.05, 3.63) is 125 Å². The van der Waals surface area contributed by atoms with Gasteiger partial charge in [0.15, 0.2) is 0 Å². The minimum absolute atomic E-state index is 0.00121. The number of methoxy groups -OCH3 is 2. The van der Waals surface area contributed by atoms with Gasteiger partial charge >= 0.3 is 0 Å². The fourth-order valence-electron chi connectivity index (χ4n) is 4.75. The fourth-order valence-corrected chi connectivity index (χ4v) is 4.75. The quantitative estimate of drug-likeness (QED) is 0.0339. The van der Waals surface area contributed by atoms with E-state index in [1.54, 1.807) is 37.3 Å². The number of rotatable bonds is 17. The van der Waals surface area contributed by atoms with Gasteiger partial charge in [0.25, 0.3) is 5.91 Å². The highest BCUT2D eigenvalue weighted by atomic mass is 16.5. The predicted octanol–water partition coefficient (Wildman–Crippen LogP) is 7.02. The van der Waals surface area contributed by atoms with Gasteiger partial charge in [0, 0.05) is 36.0 Å². The van der Waals surface area contributed by atoms with Crippen molar-refractivity contribution in [1.82, 2.24) is 10.6 Å². The Balaban J connectivity index is 2.40. The maximum Gasteiger partial charge on any atom is 0.259 e. The van der Waals surface area contributed by atoms with E-state index in [0.717, 1.165) is 28.0 Å². The molecule has 0 fully saturated rings. The van der Waals surface area contributed by atoms with Crippen LogP contribution in [-0.2, 0) is 14.3 Å². The van der Waals surface area contributed by atoms with Gasteiger partial charge in [0.05, 0.1) is 37.8 Å². The molecule has 0 radical (unpaired) electrons. The molecule has 8 nitrogen and oxygen atoms in total. The average molecular weight is 611 g/mol. The Morgan fingerprint density at radius 1 is 1.13 bits per heavy atom. The van der Waals surface area contributed by atoms with Crippen LogP contribution in [0.4, 0.5) is 0 Å². The number of Topliss-reactive ketones (excluding diaryl/α,β-unsaturated/α-hetero) is 1. The van der Waals surface area contributed by atoms with Gasteiger partial charge < -0.3 is 25.5 Å². The van der Waals surface area contributed by atoms with E-state index in [4.69, 9.17) is 19.9 Å². The van der Waals surface area contributed by atoms with Gasteiger partial charge in [0.1, 0.15) is 5.76 Å². The Labute approximate surface area is 267 Å². The van der Waals surface area contributed by atoms with Crippen LogP contribution in [0.1, 0.15) is 72.3 Å². The number of allylic oxidation sites excluding steroid dienone is 3. The van der Waals surface area contributed by atoms with Crippen molar-refractivity contribution < 1.29 is 19.1 Å². The lowest BCUT2D eigenvalue weighted by atomic mass is 9.92. The molecule has 0 spiro atoms. The number of carbonyl (C=O) groups is 2. The summed E-state index contributed by atoms with van der Waals surface area (Å²) in [4.78, 5) is 31.0. The number of amides is 1. The molecule has 3 N–H and O–H groups in total. The molecule has 2 aromatic rings. The Kier molecular flexibility index (Phi) is 14.6. The molecule has 238 valence electrons. The number of ketones is 1. The Morgan fingerprint density at radius 2 is 1.84 bits per heavy atom. The number of nitrogens with one attached hydrogen (secondary N) is 3. The molecule has 0 aliphatic carbocycles. The number of aliphatic imine (C=N–C) groups is 1. The Morgan fingerprint density at radius 3 is 2.47 bits per heavy atom. The zero-order chi connectivity index (χ0) is 33.5.